The molecule has 1 rings (SSSR count). The van der Waals surface area contributed by atoms with E-state index in [-0.39, 0.29) is 17.2 Å². The molecule has 31 heavy (non-hydrogen) atoms. The van der Waals surface area contributed by atoms with E-state index < -0.39 is 17.5 Å². The molecule has 0 saturated heterocycles. The average Bonchev–Trinajstić information content (AvgIpc) is 2.74. The Bertz CT molecular complexity index is 907. The summed E-state index contributed by atoms with van der Waals surface area (Å²) in [7, 11) is 1.27. The van der Waals surface area contributed by atoms with Crippen molar-refractivity contribution in [1.29, 1.82) is 0 Å². The molecule has 0 bridgehead atoms. The molecule has 7 heteroatoms. The molecular formula is C24H33NO6. The van der Waals surface area contributed by atoms with Crippen molar-refractivity contribution in [1.82, 2.24) is 5.32 Å². The molecule has 0 saturated carbocycles. The quantitative estimate of drug-likeness (QED) is 0.277. The first-order chi connectivity index (χ1) is 14.7. The van der Waals surface area contributed by atoms with E-state index in [2.05, 4.69) is 17.0 Å². The van der Waals surface area contributed by atoms with E-state index in [0.717, 1.165) is 24.8 Å². The van der Waals surface area contributed by atoms with Gasteiger partial charge in [-0.15, -0.1) is 0 Å². The number of ether oxygens (including phenoxy) is 1. The van der Waals surface area contributed by atoms with Crippen LogP contribution in [0.1, 0.15) is 81.8 Å². The largest absolute Gasteiger partial charge is 0.507 e. The summed E-state index contributed by atoms with van der Waals surface area (Å²) in [6.07, 6.45) is 10.5. The van der Waals surface area contributed by atoms with Gasteiger partial charge in [-0.3, -0.25) is 10.1 Å². The Morgan fingerprint density at radius 3 is 2.61 bits per heavy atom. The Hall–Kier alpha value is -3.09. The van der Waals surface area contributed by atoms with Crippen molar-refractivity contribution in [2.24, 2.45) is 0 Å². The summed E-state index contributed by atoms with van der Waals surface area (Å²) in [5.74, 6) is -0.816. The Labute approximate surface area is 183 Å². The Morgan fingerprint density at radius 2 is 2.00 bits per heavy atom. The van der Waals surface area contributed by atoms with E-state index in [4.69, 9.17) is 4.42 Å². The number of hydrogen-bond acceptors (Lipinski definition) is 6. The molecule has 0 spiro atoms. The minimum atomic E-state index is -0.853. The number of allylic oxidation sites excluding steroid dienone is 5. The van der Waals surface area contributed by atoms with Crippen LogP contribution in [0.2, 0.25) is 0 Å². The lowest BCUT2D eigenvalue weighted by atomic mass is 9.99. The molecule has 1 heterocycles. The maximum Gasteiger partial charge on any atom is 0.410 e. The Morgan fingerprint density at radius 1 is 1.29 bits per heavy atom. The summed E-state index contributed by atoms with van der Waals surface area (Å²) in [6, 6.07) is 1.32. The molecular weight excluding hydrogens is 398 g/mol. The molecule has 2 N–H and O–H groups in total. The van der Waals surface area contributed by atoms with Crippen molar-refractivity contribution in [2.75, 3.05) is 7.11 Å². The summed E-state index contributed by atoms with van der Waals surface area (Å²) in [5.41, 5.74) is 0.286. The summed E-state index contributed by atoms with van der Waals surface area (Å²) in [6.45, 7) is 7.56. The number of unbranched alkanes of at least 4 members (excludes halogenated alkanes) is 1. The molecule has 1 atom stereocenters. The lowest BCUT2D eigenvalue weighted by Gasteiger charge is -2.11. The average molecular weight is 432 g/mol. The molecule has 0 aliphatic rings. The smallest absolute Gasteiger partial charge is 0.410 e. The van der Waals surface area contributed by atoms with Crippen LogP contribution < -0.4 is 10.9 Å². The maximum absolute atomic E-state index is 12.6. The van der Waals surface area contributed by atoms with Crippen molar-refractivity contribution in [2.45, 2.75) is 65.7 Å². The summed E-state index contributed by atoms with van der Waals surface area (Å²) < 4.78 is 9.77. The van der Waals surface area contributed by atoms with Gasteiger partial charge < -0.3 is 14.3 Å². The third-order valence-electron chi connectivity index (χ3n) is 4.83. The monoisotopic (exact) mass is 431 g/mol. The van der Waals surface area contributed by atoms with E-state index in [1.54, 1.807) is 19.1 Å². The minimum Gasteiger partial charge on any atom is -0.507 e. The fourth-order valence-corrected chi connectivity index (χ4v) is 2.79. The van der Waals surface area contributed by atoms with Gasteiger partial charge in [-0.25, -0.2) is 9.59 Å². The van der Waals surface area contributed by atoms with Gasteiger partial charge >= 0.3 is 11.7 Å². The van der Waals surface area contributed by atoms with Crippen LogP contribution in [0.3, 0.4) is 0 Å². The van der Waals surface area contributed by atoms with Crippen LogP contribution in [0, 0.1) is 0 Å². The van der Waals surface area contributed by atoms with Crippen molar-refractivity contribution in [3.63, 3.8) is 0 Å². The minimum absolute atomic E-state index is 0.175. The second-order valence-electron chi connectivity index (χ2n) is 7.51. The number of carbonyl (C=O) groups excluding carboxylic acids is 2. The molecule has 1 aromatic heterocycles. The third kappa shape index (κ3) is 8.66. The fraction of sp³-hybridized carbons (Fsp3) is 0.458. The van der Waals surface area contributed by atoms with E-state index >= 15 is 0 Å². The second kappa shape index (κ2) is 13.3. The van der Waals surface area contributed by atoms with Crippen LogP contribution in [0.5, 0.6) is 5.75 Å². The van der Waals surface area contributed by atoms with Crippen LogP contribution in [0.25, 0.3) is 0 Å². The highest BCUT2D eigenvalue weighted by atomic mass is 16.5. The number of ketones is 1. The first-order valence-corrected chi connectivity index (χ1v) is 10.5. The second-order valence-corrected chi connectivity index (χ2v) is 7.51. The summed E-state index contributed by atoms with van der Waals surface area (Å²) >= 11 is 0. The predicted molar refractivity (Wildman–Crippen MR) is 120 cm³/mol. The highest BCUT2D eigenvalue weighted by molar-refractivity contribution is 6.09. The molecule has 0 fully saturated rings. The number of Topliss-reactive ketones (excluding diaryl/α,β-unsaturated/α-hetero) is 1. The zero-order valence-corrected chi connectivity index (χ0v) is 19.0. The molecule has 0 aromatic carbocycles. The first-order valence-electron chi connectivity index (χ1n) is 10.5. The highest BCUT2D eigenvalue weighted by Gasteiger charge is 2.21. The van der Waals surface area contributed by atoms with Crippen molar-refractivity contribution < 1.29 is 23.8 Å². The van der Waals surface area contributed by atoms with Crippen LogP contribution in [0.15, 0.2) is 50.9 Å². The first kappa shape index (κ1) is 25.9. The number of nitrogens with one attached hydrogen (secondary N) is 1. The van der Waals surface area contributed by atoms with E-state index in [0.29, 0.717) is 24.2 Å². The van der Waals surface area contributed by atoms with Gasteiger partial charge in [0.25, 0.3) is 0 Å². The van der Waals surface area contributed by atoms with Gasteiger partial charge in [-0.2, -0.15) is 0 Å². The Kier molecular flexibility index (Phi) is 11.1. The van der Waals surface area contributed by atoms with E-state index in [1.165, 1.54) is 19.4 Å². The standard InChI is InChI=1S/C24H33NO6/c1-6-7-10-16(2)12-13-18(4)22(27)21-19(26)15-20(31-23(21)28)17(3)11-8-9-14-25-24(29)30-5/h9,12-15,17,26H,6-8,10-11H2,1-5H3,(H,25,29)/b14-9+,16-12-,18-13-. The fourth-order valence-electron chi connectivity index (χ4n) is 2.79. The zero-order valence-electron chi connectivity index (χ0n) is 19.0. The zero-order chi connectivity index (χ0) is 23.4. The van der Waals surface area contributed by atoms with Gasteiger partial charge in [0.05, 0.1) is 7.11 Å². The van der Waals surface area contributed by atoms with Crippen LogP contribution in [-0.2, 0) is 4.74 Å². The molecule has 1 amide bonds. The normalized spacial score (nSPS) is 13.3. The van der Waals surface area contributed by atoms with Crippen LogP contribution in [0.4, 0.5) is 4.79 Å². The number of carbonyl (C=O) groups is 2. The third-order valence-corrected chi connectivity index (χ3v) is 4.83. The van der Waals surface area contributed by atoms with Gasteiger partial charge in [0, 0.05) is 18.2 Å². The number of aromatic hydroxyl groups is 1. The number of methoxy groups -OCH3 is 1. The number of rotatable bonds is 11. The lowest BCUT2D eigenvalue weighted by molar-refractivity contribution is 0.102. The molecule has 1 aromatic rings. The predicted octanol–water partition coefficient (Wildman–Crippen LogP) is 5.36. The molecule has 0 aliphatic heterocycles. The number of hydrogen-bond donors (Lipinski definition) is 2. The molecule has 0 aliphatic carbocycles. The van der Waals surface area contributed by atoms with Gasteiger partial charge in [0.1, 0.15) is 17.1 Å². The molecule has 1 unspecified atom stereocenters. The summed E-state index contributed by atoms with van der Waals surface area (Å²) in [4.78, 5) is 36.0. The Balaban J connectivity index is 2.88. The van der Waals surface area contributed by atoms with Crippen LogP contribution >= 0.6 is 0 Å². The number of alkyl carbamates (subject to hydrolysis) is 1. The van der Waals surface area contributed by atoms with Gasteiger partial charge in [-0.1, -0.05) is 44.1 Å². The maximum atomic E-state index is 12.6. The molecule has 170 valence electrons. The van der Waals surface area contributed by atoms with Crippen molar-refractivity contribution >= 4 is 11.9 Å². The topological polar surface area (TPSA) is 106 Å². The number of amides is 1. The lowest BCUT2D eigenvalue weighted by Crippen LogP contribution is -2.16. The van der Waals surface area contributed by atoms with Gasteiger partial charge in [-0.05, 0) is 45.1 Å². The van der Waals surface area contributed by atoms with Gasteiger partial charge in [0.15, 0.2) is 5.78 Å². The van der Waals surface area contributed by atoms with Crippen LogP contribution in [-0.4, -0.2) is 24.1 Å². The van der Waals surface area contributed by atoms with Gasteiger partial charge in [0.2, 0.25) is 0 Å². The highest BCUT2D eigenvalue weighted by Crippen LogP contribution is 2.26. The molecule has 0 radical (unpaired) electrons. The summed E-state index contributed by atoms with van der Waals surface area (Å²) in [5, 5.41) is 12.8. The SMILES string of the molecule is CCCC/C(C)=C\C=C(\C)C(=O)c1c(O)cc(C(C)CC/C=C/NC(=O)OC)oc1=O. The van der Waals surface area contributed by atoms with Crippen molar-refractivity contribution in [3.05, 3.63) is 63.4 Å². The van der Waals surface area contributed by atoms with Crippen molar-refractivity contribution in [3.8, 4) is 5.75 Å². The van der Waals surface area contributed by atoms with E-state index in [1.807, 2.05) is 19.9 Å². The van der Waals surface area contributed by atoms with E-state index in [9.17, 15) is 19.5 Å². The molecule has 7 nitrogen and oxygen atoms in total.